The van der Waals surface area contributed by atoms with Crippen LogP contribution in [-0.2, 0) is 11.2 Å². The average Bonchev–Trinajstić information content (AvgIpc) is 2.99. The van der Waals surface area contributed by atoms with Gasteiger partial charge in [-0.15, -0.1) is 11.3 Å². The third-order valence-corrected chi connectivity index (χ3v) is 5.09. The zero-order valence-corrected chi connectivity index (χ0v) is 13.9. The number of thiophene rings is 1. The largest absolute Gasteiger partial charge is 0.481 e. The molecule has 3 heterocycles. The number of nitrogens with zero attached hydrogens (tertiary/aromatic N) is 3. The highest BCUT2D eigenvalue weighted by molar-refractivity contribution is 7.16. The Bertz CT molecular complexity index is 902. The molecule has 0 spiro atoms. The molecule has 0 atom stereocenters. The van der Waals surface area contributed by atoms with Crippen LogP contribution in [0.2, 0.25) is 0 Å². The molecule has 4 rings (SSSR count). The molecule has 0 unspecified atom stereocenters. The second kappa shape index (κ2) is 6.20. The molecule has 2 aromatic heterocycles. The number of benzene rings is 1. The van der Waals surface area contributed by atoms with Crippen molar-refractivity contribution in [1.82, 2.24) is 9.97 Å². The van der Waals surface area contributed by atoms with Crippen molar-refractivity contribution in [3.8, 4) is 11.3 Å². The molecule has 0 bridgehead atoms. The van der Waals surface area contributed by atoms with Crippen molar-refractivity contribution in [2.24, 2.45) is 0 Å². The SMILES string of the molecule is O=C(O)CCc1cccc(-c2nc(N3CCC3)nc3sccc23)c1. The van der Waals surface area contributed by atoms with Gasteiger partial charge in [-0.1, -0.05) is 18.2 Å². The molecule has 5 nitrogen and oxygen atoms in total. The van der Waals surface area contributed by atoms with Gasteiger partial charge in [-0.3, -0.25) is 4.79 Å². The number of rotatable bonds is 5. The minimum absolute atomic E-state index is 0.139. The van der Waals surface area contributed by atoms with E-state index in [9.17, 15) is 4.79 Å². The van der Waals surface area contributed by atoms with E-state index in [-0.39, 0.29) is 6.42 Å². The van der Waals surface area contributed by atoms with Crippen molar-refractivity contribution < 1.29 is 9.90 Å². The Kier molecular flexibility index (Phi) is 3.90. The first kappa shape index (κ1) is 15.1. The van der Waals surface area contributed by atoms with Gasteiger partial charge in [0, 0.05) is 30.5 Å². The first-order valence-corrected chi connectivity index (χ1v) is 8.90. The molecule has 0 radical (unpaired) electrons. The lowest BCUT2D eigenvalue weighted by atomic mass is 10.0. The first-order valence-electron chi connectivity index (χ1n) is 8.02. The third-order valence-electron chi connectivity index (χ3n) is 4.28. The number of aliphatic carboxylic acids is 1. The van der Waals surface area contributed by atoms with E-state index in [1.54, 1.807) is 11.3 Å². The van der Waals surface area contributed by atoms with Crippen LogP contribution in [0.1, 0.15) is 18.4 Å². The van der Waals surface area contributed by atoms with Crippen LogP contribution in [0.15, 0.2) is 35.7 Å². The number of fused-ring (bicyclic) bond motifs is 1. The van der Waals surface area contributed by atoms with Gasteiger partial charge in [0.05, 0.1) is 5.69 Å². The van der Waals surface area contributed by atoms with Crippen molar-refractivity contribution in [1.29, 1.82) is 0 Å². The minimum Gasteiger partial charge on any atom is -0.481 e. The lowest BCUT2D eigenvalue weighted by Crippen LogP contribution is -2.38. The van der Waals surface area contributed by atoms with E-state index in [1.165, 1.54) is 6.42 Å². The van der Waals surface area contributed by atoms with Gasteiger partial charge in [0.25, 0.3) is 0 Å². The summed E-state index contributed by atoms with van der Waals surface area (Å²) in [5.41, 5.74) is 2.97. The van der Waals surface area contributed by atoms with Crippen molar-refractivity contribution in [2.45, 2.75) is 19.3 Å². The molecule has 0 aliphatic carbocycles. The maximum Gasteiger partial charge on any atom is 0.303 e. The third kappa shape index (κ3) is 2.85. The van der Waals surface area contributed by atoms with E-state index < -0.39 is 5.97 Å². The van der Waals surface area contributed by atoms with E-state index in [2.05, 4.69) is 16.0 Å². The molecule has 0 saturated carbocycles. The fourth-order valence-electron chi connectivity index (χ4n) is 2.85. The Labute approximate surface area is 143 Å². The Morgan fingerprint density at radius 3 is 2.88 bits per heavy atom. The minimum atomic E-state index is -0.775. The van der Waals surface area contributed by atoms with Crippen LogP contribution in [0.3, 0.4) is 0 Å². The second-order valence-electron chi connectivity index (χ2n) is 5.95. The number of aromatic nitrogens is 2. The Hall–Kier alpha value is -2.47. The zero-order valence-electron chi connectivity index (χ0n) is 13.1. The van der Waals surface area contributed by atoms with Crippen molar-refractivity contribution in [2.75, 3.05) is 18.0 Å². The van der Waals surface area contributed by atoms with Gasteiger partial charge >= 0.3 is 5.97 Å². The first-order chi connectivity index (χ1) is 11.7. The van der Waals surface area contributed by atoms with Gasteiger partial charge in [0.15, 0.2) is 0 Å². The fraction of sp³-hybridized carbons (Fsp3) is 0.278. The van der Waals surface area contributed by atoms with Crippen LogP contribution in [0.5, 0.6) is 0 Å². The molecular formula is C18H17N3O2S. The van der Waals surface area contributed by atoms with Gasteiger partial charge in [-0.2, -0.15) is 0 Å². The summed E-state index contributed by atoms with van der Waals surface area (Å²) in [6.45, 7) is 2.02. The molecule has 24 heavy (non-hydrogen) atoms. The maximum absolute atomic E-state index is 10.8. The number of carbonyl (C=O) groups is 1. The standard InChI is InChI=1S/C18H17N3O2S/c22-15(23)6-5-12-3-1-4-13(11-12)16-14-7-10-24-17(14)20-18(19-16)21-8-2-9-21/h1,3-4,7,10-11H,2,5-6,8-9H2,(H,22,23). The van der Waals surface area contributed by atoms with Gasteiger partial charge in [0.1, 0.15) is 4.83 Å². The predicted molar refractivity (Wildman–Crippen MR) is 95.6 cm³/mol. The van der Waals surface area contributed by atoms with Gasteiger partial charge in [0.2, 0.25) is 5.95 Å². The smallest absolute Gasteiger partial charge is 0.303 e. The fourth-order valence-corrected chi connectivity index (χ4v) is 3.61. The number of carboxylic acid groups (broad SMARTS) is 1. The topological polar surface area (TPSA) is 66.3 Å². The molecule has 0 amide bonds. The van der Waals surface area contributed by atoms with Crippen LogP contribution in [0.25, 0.3) is 21.5 Å². The highest BCUT2D eigenvalue weighted by atomic mass is 32.1. The van der Waals surface area contributed by atoms with Crippen LogP contribution in [0, 0.1) is 0 Å². The molecule has 1 N–H and O–H groups in total. The van der Waals surface area contributed by atoms with Crippen LogP contribution < -0.4 is 4.90 Å². The summed E-state index contributed by atoms with van der Waals surface area (Å²) < 4.78 is 0. The highest BCUT2D eigenvalue weighted by Gasteiger charge is 2.20. The zero-order chi connectivity index (χ0) is 16.5. The monoisotopic (exact) mass is 339 g/mol. The summed E-state index contributed by atoms with van der Waals surface area (Å²) in [5, 5.41) is 12.0. The molecule has 1 aliphatic heterocycles. The normalized spacial score (nSPS) is 13.9. The Morgan fingerprint density at radius 2 is 2.12 bits per heavy atom. The second-order valence-corrected chi connectivity index (χ2v) is 6.84. The van der Waals surface area contributed by atoms with Crippen molar-refractivity contribution >= 4 is 33.5 Å². The molecule has 1 aromatic carbocycles. The molecule has 6 heteroatoms. The van der Waals surface area contributed by atoms with Crippen LogP contribution in [-0.4, -0.2) is 34.1 Å². The predicted octanol–water partition coefficient (Wildman–Crippen LogP) is 3.59. The average molecular weight is 339 g/mol. The number of carboxylic acids is 1. The maximum atomic E-state index is 10.8. The Balaban J connectivity index is 1.76. The number of aryl methyl sites for hydroxylation is 1. The summed E-state index contributed by atoms with van der Waals surface area (Å²) in [4.78, 5) is 23.5. The summed E-state index contributed by atoms with van der Waals surface area (Å²) in [7, 11) is 0. The summed E-state index contributed by atoms with van der Waals surface area (Å²) >= 11 is 1.63. The molecular weight excluding hydrogens is 322 g/mol. The number of anilines is 1. The summed E-state index contributed by atoms with van der Waals surface area (Å²) in [6.07, 6.45) is 1.85. The van der Waals surface area contributed by atoms with Gasteiger partial charge in [-0.25, -0.2) is 9.97 Å². The summed E-state index contributed by atoms with van der Waals surface area (Å²) in [6, 6.07) is 10.1. The molecule has 3 aromatic rings. The van der Waals surface area contributed by atoms with E-state index in [0.717, 1.165) is 46.1 Å². The lowest BCUT2D eigenvalue weighted by molar-refractivity contribution is -0.136. The lowest BCUT2D eigenvalue weighted by Gasteiger charge is -2.31. The molecule has 1 fully saturated rings. The number of hydrogen-bond donors (Lipinski definition) is 1. The van der Waals surface area contributed by atoms with E-state index in [1.807, 2.05) is 29.6 Å². The molecule has 1 saturated heterocycles. The van der Waals surface area contributed by atoms with Gasteiger partial charge in [-0.05, 0) is 35.9 Å². The number of hydrogen-bond acceptors (Lipinski definition) is 5. The van der Waals surface area contributed by atoms with E-state index >= 15 is 0 Å². The van der Waals surface area contributed by atoms with E-state index in [4.69, 9.17) is 10.1 Å². The quantitative estimate of drug-likeness (QED) is 0.769. The summed E-state index contributed by atoms with van der Waals surface area (Å²) in [5.74, 6) is 0.0184. The van der Waals surface area contributed by atoms with Crippen molar-refractivity contribution in [3.63, 3.8) is 0 Å². The van der Waals surface area contributed by atoms with Crippen LogP contribution >= 0.6 is 11.3 Å². The highest BCUT2D eigenvalue weighted by Crippen LogP contribution is 2.32. The van der Waals surface area contributed by atoms with Crippen LogP contribution in [0.4, 0.5) is 5.95 Å². The molecule has 122 valence electrons. The van der Waals surface area contributed by atoms with Crippen molar-refractivity contribution in [3.05, 3.63) is 41.3 Å². The van der Waals surface area contributed by atoms with Gasteiger partial charge < -0.3 is 10.0 Å². The molecule has 1 aliphatic rings. The Morgan fingerprint density at radius 1 is 1.25 bits per heavy atom. The van der Waals surface area contributed by atoms with E-state index in [0.29, 0.717) is 6.42 Å².